The lowest BCUT2D eigenvalue weighted by Crippen LogP contribution is -2.34. The Kier molecular flexibility index (Phi) is 4.78. The van der Waals surface area contributed by atoms with Crippen molar-refractivity contribution in [3.63, 3.8) is 0 Å². The maximum absolute atomic E-state index is 15.1. The molecule has 0 spiro atoms. The van der Waals surface area contributed by atoms with Gasteiger partial charge in [0.2, 0.25) is 0 Å². The van der Waals surface area contributed by atoms with E-state index >= 15 is 4.39 Å². The van der Waals surface area contributed by atoms with Gasteiger partial charge in [0.15, 0.2) is 0 Å². The zero-order valence-corrected chi connectivity index (χ0v) is 18.7. The minimum atomic E-state index is -0.310. The number of fused-ring (bicyclic) bond motifs is 2. The third kappa shape index (κ3) is 3.23. The standard InChI is InChI=1S/C24H20ClFN4OS/c25-16-3-1-14(2-4-16)22-10-19-23(32-22)24(31)30(13-28-19)17-5-6-20(18(26)9-17)29-8-7-15-11-27-12-21(15)29/h1-6,9-10,13,15,21,27H,7-8,11-12H2/t15-,21+/m0/s1. The number of anilines is 1. The van der Waals surface area contributed by atoms with E-state index in [-0.39, 0.29) is 11.4 Å². The van der Waals surface area contributed by atoms with Gasteiger partial charge < -0.3 is 10.2 Å². The summed E-state index contributed by atoms with van der Waals surface area (Å²) in [5, 5.41) is 4.06. The smallest absolute Gasteiger partial charge is 0.275 e. The van der Waals surface area contributed by atoms with Crippen molar-refractivity contribution >= 4 is 38.8 Å². The minimum absolute atomic E-state index is 0.200. The predicted molar refractivity (Wildman–Crippen MR) is 128 cm³/mol. The number of rotatable bonds is 3. The molecule has 2 aliphatic rings. The van der Waals surface area contributed by atoms with Crippen molar-refractivity contribution in [2.75, 3.05) is 24.5 Å². The van der Waals surface area contributed by atoms with E-state index in [0.717, 1.165) is 36.5 Å². The van der Waals surface area contributed by atoms with Crippen LogP contribution in [0, 0.1) is 11.7 Å². The lowest BCUT2D eigenvalue weighted by molar-refractivity contribution is 0.570. The lowest BCUT2D eigenvalue weighted by Gasteiger charge is -2.26. The average Bonchev–Trinajstić information content (AvgIpc) is 3.51. The van der Waals surface area contributed by atoms with Gasteiger partial charge in [-0.05, 0) is 48.2 Å². The van der Waals surface area contributed by atoms with E-state index in [4.69, 9.17) is 11.6 Å². The van der Waals surface area contributed by atoms with Crippen molar-refractivity contribution < 1.29 is 4.39 Å². The molecule has 0 aliphatic carbocycles. The van der Waals surface area contributed by atoms with Crippen LogP contribution in [0.25, 0.3) is 26.3 Å². The summed E-state index contributed by atoms with van der Waals surface area (Å²) >= 11 is 7.37. The first-order valence-electron chi connectivity index (χ1n) is 10.6. The molecule has 5 nitrogen and oxygen atoms in total. The number of nitrogens with zero attached hydrogens (tertiary/aromatic N) is 3. The molecule has 2 aromatic carbocycles. The summed E-state index contributed by atoms with van der Waals surface area (Å²) in [7, 11) is 0. The highest BCUT2D eigenvalue weighted by atomic mass is 35.5. The van der Waals surface area contributed by atoms with E-state index in [9.17, 15) is 4.79 Å². The molecular weight excluding hydrogens is 447 g/mol. The third-order valence-electron chi connectivity index (χ3n) is 6.53. The molecule has 32 heavy (non-hydrogen) atoms. The normalized spacial score (nSPS) is 20.2. The summed E-state index contributed by atoms with van der Waals surface area (Å²) in [5.41, 5.74) is 2.49. The Morgan fingerprint density at radius 1 is 1.12 bits per heavy atom. The third-order valence-corrected chi connectivity index (χ3v) is 7.94. The molecule has 2 saturated heterocycles. The fourth-order valence-corrected chi connectivity index (χ4v) is 6.05. The molecular formula is C24H20ClFN4OS. The zero-order valence-electron chi connectivity index (χ0n) is 17.1. The molecule has 0 unspecified atom stereocenters. The fraction of sp³-hybridized carbons (Fsp3) is 0.250. The molecule has 1 N–H and O–H groups in total. The van der Waals surface area contributed by atoms with Crippen molar-refractivity contribution in [1.29, 1.82) is 0 Å². The molecule has 8 heteroatoms. The van der Waals surface area contributed by atoms with Crippen LogP contribution >= 0.6 is 22.9 Å². The molecule has 6 rings (SSSR count). The van der Waals surface area contributed by atoms with E-state index in [1.165, 1.54) is 28.3 Å². The van der Waals surface area contributed by atoms with Crippen LogP contribution in [-0.4, -0.2) is 35.2 Å². The van der Waals surface area contributed by atoms with Crippen LogP contribution in [0.4, 0.5) is 10.1 Å². The molecule has 0 bridgehead atoms. The second-order valence-corrected chi connectivity index (χ2v) is 9.84. The van der Waals surface area contributed by atoms with Gasteiger partial charge in [0.05, 0.1) is 16.9 Å². The molecule has 0 radical (unpaired) electrons. The number of aromatic nitrogens is 2. The van der Waals surface area contributed by atoms with Gasteiger partial charge in [0.25, 0.3) is 5.56 Å². The van der Waals surface area contributed by atoms with Gasteiger partial charge in [0.1, 0.15) is 16.8 Å². The van der Waals surface area contributed by atoms with E-state index < -0.39 is 0 Å². The Bertz CT molecular complexity index is 1380. The van der Waals surface area contributed by atoms with Gasteiger partial charge in [-0.2, -0.15) is 0 Å². The first kappa shape index (κ1) is 19.9. The monoisotopic (exact) mass is 466 g/mol. The molecule has 4 aromatic rings. The summed E-state index contributed by atoms with van der Waals surface area (Å²) in [6.45, 7) is 2.75. The van der Waals surface area contributed by atoms with Crippen LogP contribution in [0.3, 0.4) is 0 Å². The van der Waals surface area contributed by atoms with Crippen LogP contribution < -0.4 is 15.8 Å². The van der Waals surface area contributed by atoms with Crippen molar-refractivity contribution in [3.05, 3.63) is 76.1 Å². The number of thiophene rings is 1. The molecule has 0 amide bonds. The summed E-state index contributed by atoms with van der Waals surface area (Å²) in [6.07, 6.45) is 2.55. The number of hydrogen-bond acceptors (Lipinski definition) is 5. The van der Waals surface area contributed by atoms with Crippen LogP contribution in [0.2, 0.25) is 5.02 Å². The SMILES string of the molecule is O=c1c2sc(-c3ccc(Cl)cc3)cc2ncn1-c1ccc(N2CC[C@H]3CNC[C@H]32)c(F)c1. The van der Waals surface area contributed by atoms with Gasteiger partial charge in [0, 0.05) is 41.6 Å². The average molecular weight is 467 g/mol. The molecule has 0 saturated carbocycles. The number of nitrogens with one attached hydrogen (secondary N) is 1. The van der Waals surface area contributed by atoms with Crippen molar-refractivity contribution in [2.24, 2.45) is 5.92 Å². The molecule has 4 heterocycles. The summed E-state index contributed by atoms with van der Waals surface area (Å²) in [6, 6.07) is 14.7. The van der Waals surface area contributed by atoms with Crippen LogP contribution in [0.5, 0.6) is 0 Å². The molecule has 2 fully saturated rings. The Morgan fingerprint density at radius 3 is 2.78 bits per heavy atom. The van der Waals surface area contributed by atoms with Gasteiger partial charge in [-0.1, -0.05) is 23.7 Å². The van der Waals surface area contributed by atoms with Crippen LogP contribution in [0.1, 0.15) is 6.42 Å². The second-order valence-electron chi connectivity index (χ2n) is 8.36. The minimum Gasteiger partial charge on any atom is -0.365 e. The summed E-state index contributed by atoms with van der Waals surface area (Å²) in [4.78, 5) is 20.8. The van der Waals surface area contributed by atoms with Crippen molar-refractivity contribution in [3.8, 4) is 16.1 Å². The Balaban J connectivity index is 1.36. The fourth-order valence-electron chi connectivity index (χ4n) is 4.88. The topological polar surface area (TPSA) is 50.2 Å². The highest BCUT2D eigenvalue weighted by molar-refractivity contribution is 7.22. The number of benzene rings is 2. The van der Waals surface area contributed by atoms with E-state index in [1.54, 1.807) is 12.1 Å². The highest BCUT2D eigenvalue weighted by Crippen LogP contribution is 2.35. The Hall–Kier alpha value is -2.74. The molecule has 162 valence electrons. The van der Waals surface area contributed by atoms with E-state index in [1.807, 2.05) is 30.3 Å². The second kappa shape index (κ2) is 7.69. The summed E-state index contributed by atoms with van der Waals surface area (Å²) in [5.74, 6) is 0.270. The number of hydrogen-bond donors (Lipinski definition) is 1. The predicted octanol–water partition coefficient (Wildman–Crippen LogP) is 4.70. The molecule has 2 aromatic heterocycles. The maximum atomic E-state index is 15.1. The van der Waals surface area contributed by atoms with Gasteiger partial charge >= 0.3 is 0 Å². The van der Waals surface area contributed by atoms with Crippen LogP contribution in [0.15, 0.2) is 59.7 Å². The van der Waals surface area contributed by atoms with E-state index in [0.29, 0.717) is 38.6 Å². The maximum Gasteiger partial charge on any atom is 0.275 e. The highest BCUT2D eigenvalue weighted by Gasteiger charge is 2.38. The largest absolute Gasteiger partial charge is 0.365 e. The molecule has 2 aliphatic heterocycles. The van der Waals surface area contributed by atoms with Gasteiger partial charge in [-0.3, -0.25) is 9.36 Å². The lowest BCUT2D eigenvalue weighted by atomic mass is 10.0. The Morgan fingerprint density at radius 2 is 1.97 bits per heavy atom. The number of halogens is 2. The zero-order chi connectivity index (χ0) is 21.8. The van der Waals surface area contributed by atoms with Crippen LogP contribution in [-0.2, 0) is 0 Å². The van der Waals surface area contributed by atoms with Crippen molar-refractivity contribution in [2.45, 2.75) is 12.5 Å². The summed E-state index contributed by atoms with van der Waals surface area (Å²) < 4.78 is 17.1. The first-order valence-corrected chi connectivity index (χ1v) is 11.8. The van der Waals surface area contributed by atoms with Gasteiger partial charge in [-0.25, -0.2) is 9.37 Å². The molecule has 2 atom stereocenters. The van der Waals surface area contributed by atoms with Gasteiger partial charge in [-0.15, -0.1) is 11.3 Å². The quantitative estimate of drug-likeness (QED) is 0.475. The Labute approximate surface area is 193 Å². The van der Waals surface area contributed by atoms with E-state index in [2.05, 4.69) is 15.2 Å². The first-order chi connectivity index (χ1) is 15.6. The van der Waals surface area contributed by atoms with Crippen molar-refractivity contribution in [1.82, 2.24) is 14.9 Å².